The highest BCUT2D eigenvalue weighted by Gasteiger charge is 2.02. The minimum atomic E-state index is -0.331. The number of hydrazone groups is 1. The molecule has 7 heteroatoms. The van der Waals surface area contributed by atoms with Crippen molar-refractivity contribution in [3.05, 3.63) is 94.8 Å². The van der Waals surface area contributed by atoms with Crippen LogP contribution >= 0.6 is 11.6 Å². The molecular weight excluding hydrogens is 393 g/mol. The highest BCUT2D eigenvalue weighted by atomic mass is 35.5. The molecule has 0 aliphatic carbocycles. The van der Waals surface area contributed by atoms with Crippen molar-refractivity contribution in [1.29, 1.82) is 0 Å². The predicted octanol–water partition coefficient (Wildman–Crippen LogP) is 4.62. The van der Waals surface area contributed by atoms with E-state index in [-0.39, 0.29) is 18.3 Å². The van der Waals surface area contributed by atoms with Gasteiger partial charge in [-0.2, -0.15) is 5.10 Å². The molecule has 0 aliphatic rings. The zero-order chi connectivity index (χ0) is 20.5. The van der Waals surface area contributed by atoms with Crippen LogP contribution in [-0.2, 0) is 11.4 Å². The first-order valence-electron chi connectivity index (χ1n) is 8.88. The van der Waals surface area contributed by atoms with Gasteiger partial charge < -0.3 is 10.1 Å². The van der Waals surface area contributed by atoms with Gasteiger partial charge in [0, 0.05) is 16.3 Å². The monoisotopic (exact) mass is 411 g/mol. The van der Waals surface area contributed by atoms with E-state index in [9.17, 15) is 9.18 Å². The van der Waals surface area contributed by atoms with Crippen LogP contribution in [-0.4, -0.2) is 18.7 Å². The molecule has 3 aromatic rings. The van der Waals surface area contributed by atoms with Crippen molar-refractivity contribution in [2.75, 3.05) is 11.9 Å². The summed E-state index contributed by atoms with van der Waals surface area (Å²) in [6, 6.07) is 20.6. The molecule has 29 heavy (non-hydrogen) atoms. The molecule has 3 rings (SSSR count). The van der Waals surface area contributed by atoms with Gasteiger partial charge in [0.2, 0.25) is 0 Å². The average Bonchev–Trinajstić information content (AvgIpc) is 2.73. The second-order valence-electron chi connectivity index (χ2n) is 6.11. The number of halogens is 2. The molecule has 5 nitrogen and oxygen atoms in total. The number of nitrogens with one attached hydrogen (secondary N) is 2. The number of hydrogen-bond donors (Lipinski definition) is 2. The number of amides is 1. The van der Waals surface area contributed by atoms with Gasteiger partial charge in [-0.05, 0) is 48.0 Å². The van der Waals surface area contributed by atoms with Crippen LogP contribution in [0.2, 0.25) is 5.02 Å². The summed E-state index contributed by atoms with van der Waals surface area (Å²) in [7, 11) is 0. The van der Waals surface area contributed by atoms with E-state index >= 15 is 0 Å². The minimum Gasteiger partial charge on any atom is -0.489 e. The molecule has 0 fully saturated rings. The van der Waals surface area contributed by atoms with Crippen molar-refractivity contribution in [1.82, 2.24) is 5.43 Å². The summed E-state index contributed by atoms with van der Waals surface area (Å²) in [4.78, 5) is 11.8. The number of rotatable bonds is 8. The van der Waals surface area contributed by atoms with Crippen LogP contribution in [0.5, 0.6) is 5.75 Å². The van der Waals surface area contributed by atoms with Gasteiger partial charge in [0.1, 0.15) is 18.2 Å². The summed E-state index contributed by atoms with van der Waals surface area (Å²) in [5.41, 5.74) is 4.75. The Hall–Kier alpha value is -3.38. The molecule has 148 valence electrons. The molecule has 0 heterocycles. The van der Waals surface area contributed by atoms with Crippen LogP contribution in [0, 0.1) is 5.82 Å². The molecule has 0 bridgehead atoms. The Morgan fingerprint density at radius 2 is 1.86 bits per heavy atom. The van der Waals surface area contributed by atoms with E-state index in [0.717, 1.165) is 11.1 Å². The van der Waals surface area contributed by atoms with Gasteiger partial charge in [-0.3, -0.25) is 4.79 Å². The van der Waals surface area contributed by atoms with Crippen LogP contribution in [0.25, 0.3) is 0 Å². The summed E-state index contributed by atoms with van der Waals surface area (Å²) in [6.45, 7) is 0.371. The lowest BCUT2D eigenvalue weighted by Crippen LogP contribution is -2.25. The number of ether oxygens (including phenoxy) is 1. The Morgan fingerprint density at radius 3 is 2.66 bits per heavy atom. The molecule has 0 unspecified atom stereocenters. The lowest BCUT2D eigenvalue weighted by atomic mass is 10.2. The van der Waals surface area contributed by atoms with Crippen molar-refractivity contribution < 1.29 is 13.9 Å². The average molecular weight is 412 g/mol. The van der Waals surface area contributed by atoms with Crippen molar-refractivity contribution in [2.45, 2.75) is 6.61 Å². The summed E-state index contributed by atoms with van der Waals surface area (Å²) in [5, 5.41) is 7.48. The summed E-state index contributed by atoms with van der Waals surface area (Å²) in [5.74, 6) is 0.0116. The van der Waals surface area contributed by atoms with Gasteiger partial charge in [0.15, 0.2) is 0 Å². The van der Waals surface area contributed by atoms with E-state index in [1.165, 1.54) is 18.3 Å². The van der Waals surface area contributed by atoms with Crippen molar-refractivity contribution in [2.24, 2.45) is 5.10 Å². The van der Waals surface area contributed by atoms with Crippen molar-refractivity contribution in [3.8, 4) is 5.75 Å². The van der Waals surface area contributed by atoms with Crippen LogP contribution in [0.1, 0.15) is 11.1 Å². The second kappa shape index (κ2) is 10.2. The third kappa shape index (κ3) is 6.62. The Kier molecular flexibility index (Phi) is 7.19. The predicted molar refractivity (Wildman–Crippen MR) is 113 cm³/mol. The lowest BCUT2D eigenvalue weighted by Gasteiger charge is -2.08. The number of benzene rings is 3. The number of carbonyl (C=O) groups excluding carboxylic acids is 1. The van der Waals surface area contributed by atoms with E-state index < -0.39 is 0 Å². The summed E-state index contributed by atoms with van der Waals surface area (Å²) < 4.78 is 18.6. The maximum absolute atomic E-state index is 12.9. The highest BCUT2D eigenvalue weighted by Crippen LogP contribution is 2.19. The lowest BCUT2D eigenvalue weighted by molar-refractivity contribution is -0.119. The zero-order valence-electron chi connectivity index (χ0n) is 15.4. The molecule has 0 radical (unpaired) electrons. The number of carbonyl (C=O) groups is 1. The van der Waals surface area contributed by atoms with Crippen molar-refractivity contribution in [3.63, 3.8) is 0 Å². The molecule has 0 spiro atoms. The fourth-order valence-corrected chi connectivity index (χ4v) is 2.62. The van der Waals surface area contributed by atoms with Crippen LogP contribution in [0.3, 0.4) is 0 Å². The Morgan fingerprint density at radius 1 is 1.07 bits per heavy atom. The van der Waals surface area contributed by atoms with Gasteiger partial charge in [0.05, 0.1) is 12.8 Å². The topological polar surface area (TPSA) is 62.7 Å². The maximum Gasteiger partial charge on any atom is 0.259 e. The molecule has 3 aromatic carbocycles. The Labute approximate surface area is 173 Å². The number of anilines is 1. The van der Waals surface area contributed by atoms with E-state index in [2.05, 4.69) is 15.8 Å². The SMILES string of the molecule is O=C(CNc1ccc(F)cc1)N/N=C\c1cccc(OCc2ccccc2Cl)c1. The van der Waals surface area contributed by atoms with Gasteiger partial charge in [0.25, 0.3) is 5.91 Å². The molecule has 1 amide bonds. The van der Waals surface area contributed by atoms with E-state index in [1.54, 1.807) is 12.1 Å². The van der Waals surface area contributed by atoms with Crippen LogP contribution in [0.15, 0.2) is 77.9 Å². The van der Waals surface area contributed by atoms with E-state index in [1.807, 2.05) is 48.5 Å². The quantitative estimate of drug-likeness (QED) is 0.420. The molecule has 2 N–H and O–H groups in total. The minimum absolute atomic E-state index is 0.0178. The van der Waals surface area contributed by atoms with Gasteiger partial charge in [-0.1, -0.05) is 41.9 Å². The fourth-order valence-electron chi connectivity index (χ4n) is 2.43. The Bertz CT molecular complexity index is 993. The van der Waals surface area contributed by atoms with Crippen LogP contribution in [0.4, 0.5) is 10.1 Å². The van der Waals surface area contributed by atoms with Gasteiger partial charge in [-0.25, -0.2) is 9.82 Å². The van der Waals surface area contributed by atoms with Crippen molar-refractivity contribution >= 4 is 29.4 Å². The molecule has 0 aromatic heterocycles. The highest BCUT2D eigenvalue weighted by molar-refractivity contribution is 6.31. The largest absolute Gasteiger partial charge is 0.489 e. The van der Waals surface area contributed by atoms with E-state index in [0.29, 0.717) is 23.1 Å². The number of hydrogen-bond acceptors (Lipinski definition) is 4. The summed E-state index contributed by atoms with van der Waals surface area (Å²) >= 11 is 6.13. The molecule has 0 saturated carbocycles. The molecule has 0 aliphatic heterocycles. The standard InChI is InChI=1S/C22H19ClFN3O2/c23-21-7-2-1-5-17(21)15-29-20-6-3-4-16(12-20)13-26-27-22(28)14-25-19-10-8-18(24)9-11-19/h1-13,25H,14-15H2,(H,27,28)/b26-13-. The summed E-state index contributed by atoms with van der Waals surface area (Å²) in [6.07, 6.45) is 1.53. The first-order chi connectivity index (χ1) is 14.1. The molecular formula is C22H19ClFN3O2. The smallest absolute Gasteiger partial charge is 0.259 e. The first-order valence-corrected chi connectivity index (χ1v) is 9.25. The third-order valence-electron chi connectivity index (χ3n) is 3.91. The fraction of sp³-hybridized carbons (Fsp3) is 0.0909. The maximum atomic E-state index is 12.9. The zero-order valence-corrected chi connectivity index (χ0v) is 16.2. The first kappa shape index (κ1) is 20.4. The Balaban J connectivity index is 1.47. The van der Waals surface area contributed by atoms with Crippen LogP contribution < -0.4 is 15.5 Å². The molecule has 0 saturated heterocycles. The van der Waals surface area contributed by atoms with Gasteiger partial charge >= 0.3 is 0 Å². The van der Waals surface area contributed by atoms with Gasteiger partial charge in [-0.15, -0.1) is 0 Å². The second-order valence-corrected chi connectivity index (χ2v) is 6.51. The molecule has 0 atom stereocenters. The normalized spacial score (nSPS) is 10.7. The van der Waals surface area contributed by atoms with E-state index in [4.69, 9.17) is 16.3 Å². The third-order valence-corrected chi connectivity index (χ3v) is 4.28. The number of nitrogens with zero attached hydrogens (tertiary/aromatic N) is 1.